The van der Waals surface area contributed by atoms with Crippen molar-refractivity contribution in [3.05, 3.63) is 29.6 Å². The molecular formula is C18H30N2. The second-order valence-corrected chi connectivity index (χ2v) is 6.42. The van der Waals surface area contributed by atoms with Gasteiger partial charge in [-0.2, -0.15) is 0 Å². The maximum absolute atomic E-state index is 4.32. The number of nitrogens with one attached hydrogen (secondary N) is 1. The number of aryl methyl sites for hydroxylation is 1. The zero-order chi connectivity index (χ0) is 14.4. The van der Waals surface area contributed by atoms with Gasteiger partial charge in [-0.3, -0.25) is 4.98 Å². The summed E-state index contributed by atoms with van der Waals surface area (Å²) in [6, 6.07) is 2.61. The van der Waals surface area contributed by atoms with Crippen LogP contribution in [0.3, 0.4) is 0 Å². The molecule has 2 rings (SSSR count). The lowest BCUT2D eigenvalue weighted by molar-refractivity contribution is 0.217. The SMILES string of the molecule is CCCCC1CCC(C(NC)c2cnccc2C)CC1. The number of hydrogen-bond acceptors (Lipinski definition) is 2. The lowest BCUT2D eigenvalue weighted by atomic mass is 9.75. The smallest absolute Gasteiger partial charge is 0.0364 e. The summed E-state index contributed by atoms with van der Waals surface area (Å²) >= 11 is 0. The Morgan fingerprint density at radius 1 is 1.30 bits per heavy atom. The number of nitrogens with zero attached hydrogens (tertiary/aromatic N) is 1. The highest BCUT2D eigenvalue weighted by Crippen LogP contribution is 2.38. The van der Waals surface area contributed by atoms with Crippen LogP contribution in [0.2, 0.25) is 0 Å². The van der Waals surface area contributed by atoms with Crippen LogP contribution in [0.4, 0.5) is 0 Å². The average molecular weight is 274 g/mol. The molecule has 0 aliphatic heterocycles. The normalized spacial score (nSPS) is 24.6. The summed E-state index contributed by atoms with van der Waals surface area (Å²) in [5.41, 5.74) is 2.76. The van der Waals surface area contributed by atoms with Crippen LogP contribution in [-0.4, -0.2) is 12.0 Å². The molecule has 0 saturated heterocycles. The molecule has 0 aromatic carbocycles. The molecule has 1 aromatic heterocycles. The van der Waals surface area contributed by atoms with Crippen molar-refractivity contribution >= 4 is 0 Å². The maximum atomic E-state index is 4.32. The highest BCUT2D eigenvalue weighted by Gasteiger charge is 2.28. The first-order chi connectivity index (χ1) is 9.76. The molecule has 1 N–H and O–H groups in total. The first-order valence-corrected chi connectivity index (χ1v) is 8.34. The topological polar surface area (TPSA) is 24.9 Å². The highest BCUT2D eigenvalue weighted by atomic mass is 14.9. The van der Waals surface area contributed by atoms with Gasteiger partial charge in [-0.15, -0.1) is 0 Å². The lowest BCUT2D eigenvalue weighted by Crippen LogP contribution is -2.29. The van der Waals surface area contributed by atoms with E-state index in [4.69, 9.17) is 0 Å². The molecule has 0 amide bonds. The maximum Gasteiger partial charge on any atom is 0.0364 e. The van der Waals surface area contributed by atoms with Gasteiger partial charge < -0.3 is 5.32 Å². The minimum Gasteiger partial charge on any atom is -0.313 e. The first kappa shape index (κ1) is 15.5. The lowest BCUT2D eigenvalue weighted by Gasteiger charge is -2.34. The first-order valence-electron chi connectivity index (χ1n) is 8.34. The highest BCUT2D eigenvalue weighted by molar-refractivity contribution is 5.25. The molecule has 0 radical (unpaired) electrons. The second kappa shape index (κ2) is 7.78. The van der Waals surface area contributed by atoms with Gasteiger partial charge in [-0.1, -0.05) is 39.0 Å². The van der Waals surface area contributed by atoms with E-state index in [9.17, 15) is 0 Å². The summed E-state index contributed by atoms with van der Waals surface area (Å²) in [5.74, 6) is 1.76. The largest absolute Gasteiger partial charge is 0.313 e. The molecule has 1 saturated carbocycles. The quantitative estimate of drug-likeness (QED) is 0.817. The van der Waals surface area contributed by atoms with Crippen LogP contribution in [-0.2, 0) is 0 Å². The minimum atomic E-state index is 0.482. The van der Waals surface area contributed by atoms with Crippen molar-refractivity contribution in [1.29, 1.82) is 0 Å². The van der Waals surface area contributed by atoms with Gasteiger partial charge in [-0.05, 0) is 55.8 Å². The Balaban J connectivity index is 1.95. The summed E-state index contributed by atoms with van der Waals surface area (Å²) in [7, 11) is 2.10. The molecule has 2 heteroatoms. The molecule has 112 valence electrons. The van der Waals surface area contributed by atoms with E-state index in [0.29, 0.717) is 6.04 Å². The standard InChI is InChI=1S/C18H30N2/c1-4-5-6-15-7-9-16(10-8-15)18(19-3)17-13-20-12-11-14(17)2/h11-13,15-16,18-19H,4-10H2,1-3H3. The average Bonchev–Trinajstić information content (AvgIpc) is 2.49. The van der Waals surface area contributed by atoms with Crippen molar-refractivity contribution in [1.82, 2.24) is 10.3 Å². The Bertz CT molecular complexity index is 394. The van der Waals surface area contributed by atoms with Gasteiger partial charge in [0.25, 0.3) is 0 Å². The third-order valence-corrected chi connectivity index (χ3v) is 5.05. The van der Waals surface area contributed by atoms with Crippen LogP contribution in [0.25, 0.3) is 0 Å². The summed E-state index contributed by atoms with van der Waals surface area (Å²) in [6.07, 6.45) is 13.7. The predicted molar refractivity (Wildman–Crippen MR) is 85.7 cm³/mol. The van der Waals surface area contributed by atoms with Gasteiger partial charge in [0.15, 0.2) is 0 Å². The van der Waals surface area contributed by atoms with Gasteiger partial charge in [-0.25, -0.2) is 0 Å². The molecule has 0 bridgehead atoms. The Hall–Kier alpha value is -0.890. The summed E-state index contributed by atoms with van der Waals surface area (Å²) in [4.78, 5) is 4.32. The Kier molecular flexibility index (Phi) is 6.03. The van der Waals surface area contributed by atoms with Gasteiger partial charge in [0.2, 0.25) is 0 Å². The molecule has 1 unspecified atom stereocenters. The van der Waals surface area contributed by atoms with E-state index in [-0.39, 0.29) is 0 Å². The predicted octanol–water partition coefficient (Wildman–Crippen LogP) is 4.65. The van der Waals surface area contributed by atoms with E-state index in [1.54, 1.807) is 0 Å². The van der Waals surface area contributed by atoms with E-state index in [1.807, 2.05) is 6.20 Å². The third-order valence-electron chi connectivity index (χ3n) is 5.05. The van der Waals surface area contributed by atoms with E-state index >= 15 is 0 Å². The summed E-state index contributed by atoms with van der Waals surface area (Å²) < 4.78 is 0. The number of hydrogen-bond donors (Lipinski definition) is 1. The Morgan fingerprint density at radius 3 is 2.65 bits per heavy atom. The number of unbranched alkanes of at least 4 members (excludes halogenated alkanes) is 1. The van der Waals surface area contributed by atoms with Gasteiger partial charge in [0.1, 0.15) is 0 Å². The fraction of sp³-hybridized carbons (Fsp3) is 0.722. The number of rotatable bonds is 6. The van der Waals surface area contributed by atoms with Gasteiger partial charge in [0.05, 0.1) is 0 Å². The van der Waals surface area contributed by atoms with Crippen LogP contribution in [0.5, 0.6) is 0 Å². The zero-order valence-corrected chi connectivity index (χ0v) is 13.4. The van der Waals surface area contributed by atoms with Crippen LogP contribution >= 0.6 is 0 Å². The van der Waals surface area contributed by atoms with Crippen LogP contribution < -0.4 is 5.32 Å². The van der Waals surface area contributed by atoms with Crippen LogP contribution in [0.1, 0.15) is 69.0 Å². The minimum absolute atomic E-state index is 0.482. The molecule has 1 aliphatic rings. The van der Waals surface area contributed by atoms with Crippen molar-refractivity contribution < 1.29 is 0 Å². The van der Waals surface area contributed by atoms with Crippen molar-refractivity contribution in [2.24, 2.45) is 11.8 Å². The number of pyridine rings is 1. The molecular weight excluding hydrogens is 244 g/mol. The zero-order valence-electron chi connectivity index (χ0n) is 13.4. The van der Waals surface area contributed by atoms with E-state index < -0.39 is 0 Å². The van der Waals surface area contributed by atoms with Crippen LogP contribution in [0, 0.1) is 18.8 Å². The molecule has 1 aromatic rings. The number of aromatic nitrogens is 1. The summed E-state index contributed by atoms with van der Waals surface area (Å²) in [6.45, 7) is 4.50. The van der Waals surface area contributed by atoms with E-state index in [2.05, 4.69) is 43.5 Å². The Morgan fingerprint density at radius 2 is 2.05 bits per heavy atom. The molecule has 1 heterocycles. The molecule has 1 aliphatic carbocycles. The monoisotopic (exact) mass is 274 g/mol. The Labute approximate surface area is 124 Å². The molecule has 1 fully saturated rings. The molecule has 0 spiro atoms. The van der Waals surface area contributed by atoms with Gasteiger partial charge >= 0.3 is 0 Å². The third kappa shape index (κ3) is 3.82. The second-order valence-electron chi connectivity index (χ2n) is 6.42. The van der Waals surface area contributed by atoms with Crippen LogP contribution in [0.15, 0.2) is 18.5 Å². The fourth-order valence-electron chi connectivity index (χ4n) is 3.75. The summed E-state index contributed by atoms with van der Waals surface area (Å²) in [5, 5.41) is 3.55. The van der Waals surface area contributed by atoms with E-state index in [0.717, 1.165) is 11.8 Å². The molecule has 2 nitrogen and oxygen atoms in total. The van der Waals surface area contributed by atoms with Gasteiger partial charge in [0, 0.05) is 18.4 Å². The van der Waals surface area contributed by atoms with Crippen molar-refractivity contribution in [3.8, 4) is 0 Å². The van der Waals surface area contributed by atoms with Crippen molar-refractivity contribution in [2.45, 2.75) is 64.8 Å². The van der Waals surface area contributed by atoms with Crippen molar-refractivity contribution in [2.75, 3.05) is 7.05 Å². The fourth-order valence-corrected chi connectivity index (χ4v) is 3.75. The molecule has 20 heavy (non-hydrogen) atoms. The van der Waals surface area contributed by atoms with Crippen molar-refractivity contribution in [3.63, 3.8) is 0 Å². The van der Waals surface area contributed by atoms with E-state index in [1.165, 1.54) is 56.1 Å². The molecule has 1 atom stereocenters.